The van der Waals surface area contributed by atoms with Crippen molar-refractivity contribution in [1.29, 1.82) is 0 Å². The van der Waals surface area contributed by atoms with E-state index in [1.807, 2.05) is 7.05 Å². The van der Waals surface area contributed by atoms with Crippen LogP contribution in [0, 0.1) is 0 Å². The quantitative estimate of drug-likeness (QED) is 0.410. The van der Waals surface area contributed by atoms with Gasteiger partial charge in [-0.15, -0.1) is 10.2 Å². The second kappa shape index (κ2) is 9.56. The van der Waals surface area contributed by atoms with E-state index in [0.717, 1.165) is 0 Å². The number of furan rings is 2. The number of thioether (sulfide) groups is 1. The van der Waals surface area contributed by atoms with Gasteiger partial charge >= 0.3 is 0 Å². The van der Waals surface area contributed by atoms with Crippen molar-refractivity contribution in [2.45, 2.75) is 11.7 Å². The van der Waals surface area contributed by atoms with Crippen LogP contribution in [-0.2, 0) is 18.4 Å². The Kier molecular flexibility index (Phi) is 6.41. The molecule has 0 saturated heterocycles. The van der Waals surface area contributed by atoms with E-state index in [0.29, 0.717) is 33.8 Å². The Hall–Kier alpha value is -3.79. The summed E-state index contributed by atoms with van der Waals surface area (Å²) < 4.78 is 12.4. The largest absolute Gasteiger partial charge is 0.467 e. The maximum absolute atomic E-state index is 12.9. The van der Waals surface area contributed by atoms with E-state index in [1.54, 1.807) is 72.7 Å². The molecule has 1 N–H and O–H groups in total. The fourth-order valence-electron chi connectivity index (χ4n) is 3.05. The highest BCUT2D eigenvalue weighted by molar-refractivity contribution is 7.99. The lowest BCUT2D eigenvalue weighted by Gasteiger charge is -2.20. The van der Waals surface area contributed by atoms with Crippen LogP contribution in [0.25, 0.3) is 11.6 Å². The van der Waals surface area contributed by atoms with Crippen molar-refractivity contribution in [1.82, 2.24) is 20.1 Å². The molecule has 9 nitrogen and oxygen atoms in total. The minimum atomic E-state index is -0.291. The summed E-state index contributed by atoms with van der Waals surface area (Å²) in [4.78, 5) is 27.0. The molecule has 0 unspecified atom stereocenters. The standard InChI is InChI=1S/C22H21N5O4S/c1-26(17-9-4-3-8-16(17)21(29)23-13-15-7-5-11-30-15)19(28)14-32-22-25-24-20(27(22)2)18-10-6-12-31-18/h3-12H,13-14H2,1-2H3,(H,23,29). The highest BCUT2D eigenvalue weighted by atomic mass is 32.2. The summed E-state index contributed by atoms with van der Waals surface area (Å²) in [6, 6.07) is 14.1. The number of anilines is 1. The fourth-order valence-corrected chi connectivity index (χ4v) is 3.88. The molecule has 10 heteroatoms. The molecular weight excluding hydrogens is 430 g/mol. The molecule has 164 valence electrons. The molecule has 0 aliphatic rings. The first kappa shape index (κ1) is 21.4. The van der Waals surface area contributed by atoms with Gasteiger partial charge < -0.3 is 23.6 Å². The maximum atomic E-state index is 12.9. The molecule has 0 saturated carbocycles. The molecule has 4 rings (SSSR count). The third-order valence-electron chi connectivity index (χ3n) is 4.79. The summed E-state index contributed by atoms with van der Waals surface area (Å²) in [5, 5.41) is 11.7. The van der Waals surface area contributed by atoms with Gasteiger partial charge in [-0.2, -0.15) is 0 Å². The third kappa shape index (κ3) is 4.59. The van der Waals surface area contributed by atoms with Gasteiger partial charge in [0.1, 0.15) is 5.76 Å². The van der Waals surface area contributed by atoms with Crippen LogP contribution in [0.4, 0.5) is 5.69 Å². The van der Waals surface area contributed by atoms with E-state index in [2.05, 4.69) is 15.5 Å². The number of nitrogens with one attached hydrogen (secondary N) is 1. The molecule has 0 aliphatic heterocycles. The predicted octanol–water partition coefficient (Wildman–Crippen LogP) is 3.35. The minimum absolute atomic E-state index is 0.128. The molecule has 0 spiro atoms. The van der Waals surface area contributed by atoms with Gasteiger partial charge in [0, 0.05) is 14.1 Å². The highest BCUT2D eigenvalue weighted by Gasteiger charge is 2.20. The highest BCUT2D eigenvalue weighted by Crippen LogP contribution is 2.25. The molecule has 0 radical (unpaired) electrons. The van der Waals surface area contributed by atoms with Gasteiger partial charge in [-0.3, -0.25) is 9.59 Å². The number of hydrogen-bond donors (Lipinski definition) is 1. The molecule has 3 heterocycles. The van der Waals surface area contributed by atoms with Crippen molar-refractivity contribution >= 4 is 29.3 Å². The molecule has 4 aromatic rings. The number of carbonyl (C=O) groups excluding carboxylic acids is 2. The first-order chi connectivity index (χ1) is 15.5. The number of nitrogens with zero attached hydrogens (tertiary/aromatic N) is 4. The average Bonchev–Trinajstić information content (AvgIpc) is 3.58. The molecule has 0 aliphatic carbocycles. The van der Waals surface area contributed by atoms with Crippen molar-refractivity contribution in [2.75, 3.05) is 17.7 Å². The topological polar surface area (TPSA) is 106 Å². The van der Waals surface area contributed by atoms with Gasteiger partial charge in [-0.1, -0.05) is 23.9 Å². The van der Waals surface area contributed by atoms with Crippen LogP contribution in [0.15, 0.2) is 75.0 Å². The summed E-state index contributed by atoms with van der Waals surface area (Å²) in [5.74, 6) is 1.49. The Balaban J connectivity index is 1.41. The van der Waals surface area contributed by atoms with Crippen LogP contribution < -0.4 is 10.2 Å². The Morgan fingerprint density at radius 2 is 1.84 bits per heavy atom. The van der Waals surface area contributed by atoms with Crippen molar-refractivity contribution in [3.63, 3.8) is 0 Å². The zero-order valence-corrected chi connectivity index (χ0v) is 18.3. The molecule has 0 bridgehead atoms. The zero-order valence-electron chi connectivity index (χ0n) is 17.5. The minimum Gasteiger partial charge on any atom is -0.467 e. The second-order valence-corrected chi connectivity index (χ2v) is 7.81. The third-order valence-corrected chi connectivity index (χ3v) is 5.79. The summed E-state index contributed by atoms with van der Waals surface area (Å²) in [7, 11) is 3.46. The normalized spacial score (nSPS) is 10.8. The van der Waals surface area contributed by atoms with E-state index < -0.39 is 0 Å². The number of aromatic nitrogens is 3. The Labute approximate surface area is 188 Å². The number of carbonyl (C=O) groups is 2. The van der Waals surface area contributed by atoms with Gasteiger partial charge in [0.05, 0.1) is 36.1 Å². The van der Waals surface area contributed by atoms with Crippen LogP contribution in [0.5, 0.6) is 0 Å². The Bertz CT molecular complexity index is 1200. The van der Waals surface area contributed by atoms with E-state index in [4.69, 9.17) is 8.83 Å². The summed E-state index contributed by atoms with van der Waals surface area (Å²) in [5.41, 5.74) is 0.919. The van der Waals surface area contributed by atoms with Gasteiger partial charge in [0.25, 0.3) is 5.91 Å². The van der Waals surface area contributed by atoms with E-state index in [9.17, 15) is 9.59 Å². The number of benzene rings is 1. The molecule has 3 aromatic heterocycles. The maximum Gasteiger partial charge on any atom is 0.253 e. The zero-order chi connectivity index (χ0) is 22.5. The van der Waals surface area contributed by atoms with Gasteiger partial charge in [0.2, 0.25) is 5.91 Å². The first-order valence-electron chi connectivity index (χ1n) is 9.77. The van der Waals surface area contributed by atoms with Crippen LogP contribution in [-0.4, -0.2) is 39.4 Å². The van der Waals surface area contributed by atoms with E-state index >= 15 is 0 Å². The molecular formula is C22H21N5O4S. The molecule has 0 fully saturated rings. The second-order valence-electron chi connectivity index (χ2n) is 6.86. The van der Waals surface area contributed by atoms with Crippen molar-refractivity contribution in [3.05, 3.63) is 72.4 Å². The molecule has 32 heavy (non-hydrogen) atoms. The van der Waals surface area contributed by atoms with Crippen molar-refractivity contribution in [2.24, 2.45) is 7.05 Å². The summed E-state index contributed by atoms with van der Waals surface area (Å²) >= 11 is 1.26. The van der Waals surface area contributed by atoms with Gasteiger partial charge in [-0.25, -0.2) is 0 Å². The lowest BCUT2D eigenvalue weighted by molar-refractivity contribution is -0.115. The van der Waals surface area contributed by atoms with Gasteiger partial charge in [-0.05, 0) is 36.4 Å². The van der Waals surface area contributed by atoms with Crippen LogP contribution in [0.1, 0.15) is 16.1 Å². The first-order valence-corrected chi connectivity index (χ1v) is 10.8. The van der Waals surface area contributed by atoms with Crippen LogP contribution in [0.3, 0.4) is 0 Å². The monoisotopic (exact) mass is 451 g/mol. The van der Waals surface area contributed by atoms with Gasteiger partial charge in [0.15, 0.2) is 16.7 Å². The van der Waals surface area contributed by atoms with E-state index in [1.165, 1.54) is 16.7 Å². The smallest absolute Gasteiger partial charge is 0.253 e. The number of hydrogen-bond acceptors (Lipinski definition) is 7. The summed E-state index contributed by atoms with van der Waals surface area (Å²) in [6.07, 6.45) is 3.12. The van der Waals surface area contributed by atoms with Crippen molar-refractivity contribution < 1.29 is 18.4 Å². The fraction of sp³-hybridized carbons (Fsp3) is 0.182. The van der Waals surface area contributed by atoms with Crippen molar-refractivity contribution in [3.8, 4) is 11.6 Å². The lowest BCUT2D eigenvalue weighted by Crippen LogP contribution is -2.31. The Morgan fingerprint density at radius 3 is 2.59 bits per heavy atom. The SMILES string of the molecule is CN(C(=O)CSc1nnc(-c2ccco2)n1C)c1ccccc1C(=O)NCc1ccco1. The molecule has 2 amide bonds. The van der Waals surface area contributed by atoms with Crippen LogP contribution >= 0.6 is 11.8 Å². The number of rotatable bonds is 8. The average molecular weight is 452 g/mol. The summed E-state index contributed by atoms with van der Waals surface area (Å²) in [6.45, 7) is 0.262. The van der Waals surface area contributed by atoms with E-state index in [-0.39, 0.29) is 24.1 Å². The molecule has 0 atom stereocenters. The predicted molar refractivity (Wildman–Crippen MR) is 119 cm³/mol. The number of para-hydroxylation sites is 1. The Morgan fingerprint density at radius 1 is 1.06 bits per heavy atom. The van der Waals surface area contributed by atoms with Crippen LogP contribution in [0.2, 0.25) is 0 Å². The lowest BCUT2D eigenvalue weighted by atomic mass is 10.1. The molecule has 1 aromatic carbocycles. The number of amides is 2.